The minimum Gasteiger partial charge on any atom is -0.307 e. The quantitative estimate of drug-likeness (QED) is 0.168. The zero-order valence-corrected chi connectivity index (χ0v) is 18.7. The van der Waals surface area contributed by atoms with Crippen molar-refractivity contribution < 1.29 is 19.2 Å². The normalized spacial score (nSPS) is 10.1. The van der Waals surface area contributed by atoms with Gasteiger partial charge in [-0.2, -0.15) is 0 Å². The Bertz CT molecular complexity index is 1560. The molecule has 192 valence electrons. The predicted octanol–water partition coefficient (Wildman–Crippen LogP) is -2.32. The smallest absolute Gasteiger partial charge is 0.307 e. The van der Waals surface area contributed by atoms with Crippen LogP contribution < -0.4 is 54.8 Å². The molecule has 1 aromatic carbocycles. The van der Waals surface area contributed by atoms with Gasteiger partial charge >= 0.3 is 23.4 Å². The zero-order chi connectivity index (χ0) is 27.1. The first kappa shape index (κ1) is 25.7. The van der Waals surface area contributed by atoms with Gasteiger partial charge in [0.25, 0.3) is 22.9 Å². The standard InChI is InChI=1S/C19H18N10O8/c1-7-2-3-8(20-18(36)28-26-14(32)10-5-12(30)24-16(34)22-10)4-9(7)21-19(37)29-27-15(33)11-6-13(31)25-17(35)23-11/h2-6H,1H3,(H,26,32)(H,27,33)(H2,20,28,36)(H2,21,29,37)(H2,22,24,30,34)(H2,23,25,31,35). The molecule has 0 atom stereocenters. The first-order chi connectivity index (χ1) is 17.5. The number of aromatic amines is 4. The van der Waals surface area contributed by atoms with Crippen molar-refractivity contribution in [2.24, 2.45) is 0 Å². The molecule has 37 heavy (non-hydrogen) atoms. The van der Waals surface area contributed by atoms with Crippen LogP contribution in [0.25, 0.3) is 0 Å². The lowest BCUT2D eigenvalue weighted by Gasteiger charge is -2.13. The molecule has 0 saturated carbocycles. The number of hydrazine groups is 2. The second-order valence-electron chi connectivity index (χ2n) is 7.10. The molecule has 0 unspecified atom stereocenters. The maximum absolute atomic E-state index is 12.2. The largest absolute Gasteiger partial charge is 0.337 e. The van der Waals surface area contributed by atoms with Gasteiger partial charge in [0.15, 0.2) is 0 Å². The van der Waals surface area contributed by atoms with E-state index < -0.39 is 46.4 Å². The van der Waals surface area contributed by atoms with E-state index >= 15 is 0 Å². The number of rotatable bonds is 4. The van der Waals surface area contributed by atoms with E-state index in [0.29, 0.717) is 5.56 Å². The van der Waals surface area contributed by atoms with Gasteiger partial charge in [0, 0.05) is 23.5 Å². The van der Waals surface area contributed by atoms with Crippen molar-refractivity contribution >= 4 is 35.3 Å². The van der Waals surface area contributed by atoms with Crippen molar-refractivity contribution in [1.29, 1.82) is 0 Å². The van der Waals surface area contributed by atoms with Gasteiger partial charge < -0.3 is 20.6 Å². The van der Waals surface area contributed by atoms with E-state index in [0.717, 1.165) is 12.1 Å². The summed E-state index contributed by atoms with van der Waals surface area (Å²) in [6, 6.07) is 4.23. The third kappa shape index (κ3) is 7.27. The van der Waals surface area contributed by atoms with Crippen LogP contribution in [0, 0.1) is 6.92 Å². The highest BCUT2D eigenvalue weighted by Crippen LogP contribution is 2.20. The van der Waals surface area contributed by atoms with Gasteiger partial charge in [-0.1, -0.05) is 6.07 Å². The van der Waals surface area contributed by atoms with Crippen LogP contribution in [0.3, 0.4) is 0 Å². The highest BCUT2D eigenvalue weighted by molar-refractivity contribution is 5.98. The van der Waals surface area contributed by atoms with Crippen molar-refractivity contribution in [2.75, 3.05) is 10.6 Å². The van der Waals surface area contributed by atoms with Gasteiger partial charge in [-0.15, -0.1) is 0 Å². The Labute approximate surface area is 203 Å². The average molecular weight is 514 g/mol. The molecule has 2 heterocycles. The molecule has 6 amide bonds. The number of anilines is 2. The number of amides is 6. The molecule has 3 rings (SSSR count). The second kappa shape index (κ2) is 11.0. The highest BCUT2D eigenvalue weighted by atomic mass is 16.2. The number of hydrogen-bond donors (Lipinski definition) is 10. The Kier molecular flexibility index (Phi) is 7.63. The van der Waals surface area contributed by atoms with Crippen molar-refractivity contribution in [3.05, 3.63) is 89.0 Å². The van der Waals surface area contributed by atoms with E-state index in [1.165, 1.54) is 12.1 Å². The topological polar surface area (TPSA) is 272 Å². The molecule has 0 aliphatic rings. The van der Waals surface area contributed by atoms with Gasteiger partial charge in [-0.3, -0.25) is 40.0 Å². The van der Waals surface area contributed by atoms with Gasteiger partial charge in [0.1, 0.15) is 11.4 Å². The van der Waals surface area contributed by atoms with Crippen molar-refractivity contribution in [1.82, 2.24) is 41.6 Å². The summed E-state index contributed by atoms with van der Waals surface area (Å²) in [5.74, 6) is -1.93. The number of urea groups is 2. The van der Waals surface area contributed by atoms with Crippen molar-refractivity contribution in [3.63, 3.8) is 0 Å². The van der Waals surface area contributed by atoms with Crippen LogP contribution in [0.5, 0.6) is 0 Å². The van der Waals surface area contributed by atoms with E-state index in [1.54, 1.807) is 13.0 Å². The van der Waals surface area contributed by atoms with E-state index in [-0.39, 0.29) is 22.8 Å². The maximum atomic E-state index is 12.2. The Morgan fingerprint density at radius 2 is 1.11 bits per heavy atom. The van der Waals surface area contributed by atoms with Crippen LogP contribution in [0.2, 0.25) is 0 Å². The predicted molar refractivity (Wildman–Crippen MR) is 126 cm³/mol. The molecule has 10 N–H and O–H groups in total. The number of benzene rings is 1. The molecule has 0 spiro atoms. The van der Waals surface area contributed by atoms with Gasteiger partial charge in [-0.25, -0.2) is 30.0 Å². The van der Waals surface area contributed by atoms with Crippen LogP contribution in [0.1, 0.15) is 26.5 Å². The lowest BCUT2D eigenvalue weighted by Crippen LogP contribution is -2.45. The summed E-state index contributed by atoms with van der Waals surface area (Å²) < 4.78 is 0. The Balaban J connectivity index is 1.55. The summed E-state index contributed by atoms with van der Waals surface area (Å²) in [6.45, 7) is 1.64. The SMILES string of the molecule is Cc1ccc(NC(=O)NNC(=O)c2cc(=O)[nH]c(=O)[nH]2)cc1NC(=O)NNC(=O)c1cc(=O)[nH]c(=O)[nH]1. The number of hydrogen-bond acceptors (Lipinski definition) is 8. The summed E-state index contributed by atoms with van der Waals surface area (Å²) in [6.07, 6.45) is 0. The van der Waals surface area contributed by atoms with Gasteiger partial charge in [-0.05, 0) is 24.6 Å². The summed E-state index contributed by atoms with van der Waals surface area (Å²) in [5, 5.41) is 4.81. The van der Waals surface area contributed by atoms with Crippen LogP contribution in [-0.4, -0.2) is 43.8 Å². The molecule has 18 nitrogen and oxygen atoms in total. The van der Waals surface area contributed by atoms with E-state index in [1.807, 2.05) is 31.7 Å². The molecule has 0 bridgehead atoms. The van der Waals surface area contributed by atoms with Crippen molar-refractivity contribution in [3.8, 4) is 0 Å². The Hall–Kier alpha value is -5.94. The maximum Gasteiger partial charge on any atom is 0.337 e. The lowest BCUT2D eigenvalue weighted by molar-refractivity contribution is 0.0925. The first-order valence-electron chi connectivity index (χ1n) is 10.0. The molecule has 3 aromatic rings. The number of aryl methyl sites for hydroxylation is 1. The fourth-order valence-corrected chi connectivity index (χ4v) is 2.69. The molecular formula is C19H18N10O8. The monoisotopic (exact) mass is 514 g/mol. The third-order valence-electron chi connectivity index (χ3n) is 4.33. The number of carbonyl (C=O) groups is 4. The summed E-state index contributed by atoms with van der Waals surface area (Å²) in [4.78, 5) is 101. The Morgan fingerprint density at radius 3 is 1.59 bits per heavy atom. The Morgan fingerprint density at radius 1 is 0.622 bits per heavy atom. The van der Waals surface area contributed by atoms with Crippen LogP contribution in [-0.2, 0) is 0 Å². The minimum absolute atomic E-state index is 0.183. The lowest BCUT2D eigenvalue weighted by atomic mass is 10.2. The molecular weight excluding hydrogens is 496 g/mol. The molecule has 0 fully saturated rings. The number of aromatic nitrogens is 4. The highest BCUT2D eigenvalue weighted by Gasteiger charge is 2.12. The summed E-state index contributed by atoms with van der Waals surface area (Å²) in [7, 11) is 0. The number of carbonyl (C=O) groups excluding carboxylic acids is 4. The minimum atomic E-state index is -0.965. The summed E-state index contributed by atoms with van der Waals surface area (Å²) in [5.41, 5.74) is 4.80. The van der Waals surface area contributed by atoms with Gasteiger partial charge in [0.2, 0.25) is 0 Å². The van der Waals surface area contributed by atoms with Crippen LogP contribution >= 0.6 is 0 Å². The molecule has 18 heteroatoms. The molecule has 0 aliphatic heterocycles. The fraction of sp³-hybridized carbons (Fsp3) is 0.0526. The second-order valence-corrected chi connectivity index (χ2v) is 7.10. The molecule has 0 aliphatic carbocycles. The fourth-order valence-electron chi connectivity index (χ4n) is 2.69. The van der Waals surface area contributed by atoms with Crippen LogP contribution in [0.4, 0.5) is 21.0 Å². The van der Waals surface area contributed by atoms with Gasteiger partial charge in [0.05, 0.1) is 0 Å². The van der Waals surface area contributed by atoms with E-state index in [2.05, 4.69) is 20.6 Å². The van der Waals surface area contributed by atoms with Crippen LogP contribution in [0.15, 0.2) is 49.5 Å². The average Bonchev–Trinajstić information content (AvgIpc) is 2.82. The zero-order valence-electron chi connectivity index (χ0n) is 18.7. The molecule has 2 aromatic heterocycles. The van der Waals surface area contributed by atoms with Crippen molar-refractivity contribution in [2.45, 2.75) is 6.92 Å². The number of H-pyrrole nitrogens is 4. The molecule has 0 radical (unpaired) electrons. The number of nitrogens with one attached hydrogen (secondary N) is 10. The van der Waals surface area contributed by atoms with E-state index in [9.17, 15) is 38.4 Å². The first-order valence-corrected chi connectivity index (χ1v) is 10.0. The summed E-state index contributed by atoms with van der Waals surface area (Å²) >= 11 is 0. The third-order valence-corrected chi connectivity index (χ3v) is 4.33. The molecule has 0 saturated heterocycles. The van der Waals surface area contributed by atoms with E-state index in [4.69, 9.17) is 0 Å².